The van der Waals surface area contributed by atoms with Crippen LogP contribution in [0.1, 0.15) is 24.5 Å². The molecule has 1 aliphatic heterocycles. The molecule has 3 aromatic rings. The molecule has 1 aromatic heterocycles. The van der Waals surface area contributed by atoms with Gasteiger partial charge in [-0.25, -0.2) is 13.2 Å². The number of pyridine rings is 1. The van der Waals surface area contributed by atoms with E-state index in [4.69, 9.17) is 4.74 Å². The van der Waals surface area contributed by atoms with Gasteiger partial charge in [-0.15, -0.1) is 0 Å². The van der Waals surface area contributed by atoms with Gasteiger partial charge in [0.2, 0.25) is 5.91 Å². The third-order valence-corrected chi connectivity index (χ3v) is 6.05. The lowest BCUT2D eigenvalue weighted by Crippen LogP contribution is -2.61. The zero-order chi connectivity index (χ0) is 23.8. The zero-order valence-electron chi connectivity index (χ0n) is 18.6. The van der Waals surface area contributed by atoms with E-state index in [2.05, 4.69) is 20.5 Å². The first-order valence-corrected chi connectivity index (χ1v) is 10.5. The van der Waals surface area contributed by atoms with Crippen LogP contribution in [0.2, 0.25) is 0 Å². The summed E-state index contributed by atoms with van der Waals surface area (Å²) in [5.74, 6) is -0.299. The summed E-state index contributed by atoms with van der Waals surface area (Å²) in [6, 6.07) is 9.46. The number of amides is 1. The number of carbonyl (C=O) groups is 1. The predicted octanol–water partition coefficient (Wildman–Crippen LogP) is 4.50. The second-order valence-corrected chi connectivity index (χ2v) is 8.37. The number of nitrogens with zero attached hydrogens (tertiary/aromatic N) is 2. The van der Waals surface area contributed by atoms with Crippen molar-refractivity contribution in [3.63, 3.8) is 0 Å². The fraction of sp³-hybridized carbons (Fsp3) is 0.333. The number of hydrogen-bond donors (Lipinski definition) is 2. The molecule has 0 atom stereocenters. The van der Waals surface area contributed by atoms with Gasteiger partial charge in [0.15, 0.2) is 0 Å². The zero-order valence-corrected chi connectivity index (χ0v) is 18.6. The van der Waals surface area contributed by atoms with Gasteiger partial charge in [0.05, 0.1) is 29.3 Å². The second-order valence-electron chi connectivity index (χ2n) is 8.37. The molecule has 1 saturated heterocycles. The monoisotopic (exact) mass is 458 g/mol. The van der Waals surface area contributed by atoms with Crippen LogP contribution in [0.15, 0.2) is 42.6 Å². The molecule has 0 radical (unpaired) electrons. The lowest BCUT2D eigenvalue weighted by Gasteiger charge is -2.48. The quantitative estimate of drug-likeness (QED) is 0.546. The van der Waals surface area contributed by atoms with Crippen molar-refractivity contribution in [1.29, 1.82) is 0 Å². The Labute approximate surface area is 189 Å². The highest BCUT2D eigenvalue weighted by Crippen LogP contribution is 2.42. The average molecular weight is 458 g/mol. The van der Waals surface area contributed by atoms with Gasteiger partial charge in [-0.3, -0.25) is 9.78 Å². The molecular formula is C24H25F3N4O2. The molecule has 1 fully saturated rings. The number of ether oxygens (including phenoxy) is 1. The van der Waals surface area contributed by atoms with Crippen LogP contribution in [0.3, 0.4) is 0 Å². The highest BCUT2D eigenvalue weighted by Gasteiger charge is 2.45. The van der Waals surface area contributed by atoms with Crippen LogP contribution >= 0.6 is 0 Å². The Morgan fingerprint density at radius 1 is 1.27 bits per heavy atom. The summed E-state index contributed by atoms with van der Waals surface area (Å²) in [5.41, 5.74) is 1.21. The Morgan fingerprint density at radius 2 is 2.03 bits per heavy atom. The van der Waals surface area contributed by atoms with E-state index in [9.17, 15) is 18.0 Å². The normalized spacial score (nSPS) is 14.8. The lowest BCUT2D eigenvalue weighted by molar-refractivity contribution is -0.130. The first-order valence-electron chi connectivity index (χ1n) is 10.5. The Hall–Kier alpha value is -3.49. The number of anilines is 2. The van der Waals surface area contributed by atoms with E-state index in [1.807, 2.05) is 19.1 Å². The highest BCUT2D eigenvalue weighted by molar-refractivity contribution is 5.96. The van der Waals surface area contributed by atoms with Gasteiger partial charge in [0, 0.05) is 55.6 Å². The number of aromatic nitrogens is 1. The number of methoxy groups -OCH3 is 1. The lowest BCUT2D eigenvalue weighted by atomic mass is 9.80. The van der Waals surface area contributed by atoms with Crippen molar-refractivity contribution in [1.82, 2.24) is 10.3 Å². The molecular weight excluding hydrogens is 433 g/mol. The molecule has 2 heterocycles. The summed E-state index contributed by atoms with van der Waals surface area (Å²) in [6.07, 6.45) is -1.26. The summed E-state index contributed by atoms with van der Waals surface area (Å²) in [4.78, 5) is 18.6. The van der Waals surface area contributed by atoms with Crippen molar-refractivity contribution in [2.45, 2.75) is 19.9 Å². The molecule has 2 N–H and O–H groups in total. The second kappa shape index (κ2) is 8.80. The van der Waals surface area contributed by atoms with Gasteiger partial charge in [0.25, 0.3) is 6.43 Å². The molecule has 174 valence electrons. The van der Waals surface area contributed by atoms with Gasteiger partial charge < -0.3 is 20.3 Å². The standard InChI is InChI=1S/C24H25F3N4O2/c1-24(23(32)28-2)12-31(13-24)19-9-16-17(7-8-29-18(16)10-20(19)33-3)30-11-14-5-4-6-15(21(14)25)22(26)27/h4-10,22H,11-13H2,1-3H3,(H,28,32)(H,29,30). The minimum absolute atomic E-state index is 0.0180. The minimum Gasteiger partial charge on any atom is -0.495 e. The number of fused-ring (bicyclic) bond motifs is 1. The van der Waals surface area contributed by atoms with Crippen molar-refractivity contribution in [2.75, 3.05) is 37.5 Å². The maximum atomic E-state index is 14.4. The number of halogens is 3. The van der Waals surface area contributed by atoms with E-state index < -0.39 is 23.2 Å². The summed E-state index contributed by atoms with van der Waals surface area (Å²) >= 11 is 0. The summed E-state index contributed by atoms with van der Waals surface area (Å²) < 4.78 is 46.1. The predicted molar refractivity (Wildman–Crippen MR) is 121 cm³/mol. The molecule has 9 heteroatoms. The fourth-order valence-corrected chi connectivity index (χ4v) is 4.23. The smallest absolute Gasteiger partial charge is 0.266 e. The van der Waals surface area contributed by atoms with Crippen LogP contribution in [0.25, 0.3) is 10.9 Å². The van der Waals surface area contributed by atoms with Gasteiger partial charge in [-0.2, -0.15) is 0 Å². The van der Waals surface area contributed by atoms with E-state index in [0.29, 0.717) is 30.0 Å². The number of nitrogens with one attached hydrogen (secondary N) is 2. The third-order valence-electron chi connectivity index (χ3n) is 6.05. The van der Waals surface area contributed by atoms with Crippen molar-refractivity contribution in [3.8, 4) is 5.75 Å². The molecule has 1 amide bonds. The van der Waals surface area contributed by atoms with Gasteiger partial charge in [-0.1, -0.05) is 18.2 Å². The van der Waals surface area contributed by atoms with E-state index in [0.717, 1.165) is 17.1 Å². The van der Waals surface area contributed by atoms with Gasteiger partial charge in [-0.05, 0) is 19.1 Å². The van der Waals surface area contributed by atoms with E-state index >= 15 is 0 Å². The molecule has 4 rings (SSSR count). The molecule has 0 spiro atoms. The molecule has 0 aliphatic carbocycles. The van der Waals surface area contributed by atoms with Crippen LogP contribution in [0.4, 0.5) is 24.5 Å². The first-order chi connectivity index (χ1) is 15.8. The van der Waals surface area contributed by atoms with Crippen LogP contribution < -0.4 is 20.3 Å². The Kier molecular flexibility index (Phi) is 6.05. The number of hydrogen-bond acceptors (Lipinski definition) is 5. The SMILES string of the molecule is CNC(=O)C1(C)CN(c2cc3c(NCc4cccc(C(F)F)c4F)ccnc3cc2OC)C1. The van der Waals surface area contributed by atoms with Crippen LogP contribution in [0.5, 0.6) is 5.75 Å². The molecule has 2 aromatic carbocycles. The maximum absolute atomic E-state index is 14.4. The molecule has 6 nitrogen and oxygen atoms in total. The topological polar surface area (TPSA) is 66.5 Å². The van der Waals surface area contributed by atoms with E-state index in [-0.39, 0.29) is 18.0 Å². The van der Waals surface area contributed by atoms with Gasteiger partial charge in [0.1, 0.15) is 11.6 Å². The molecule has 1 aliphatic rings. The average Bonchev–Trinajstić information content (AvgIpc) is 2.79. The Balaban J connectivity index is 1.64. The molecule has 0 unspecified atom stereocenters. The summed E-state index contributed by atoms with van der Waals surface area (Å²) in [6.45, 7) is 3.00. The van der Waals surface area contributed by atoms with Crippen LogP contribution in [0, 0.1) is 11.2 Å². The van der Waals surface area contributed by atoms with Crippen LogP contribution in [-0.2, 0) is 11.3 Å². The molecule has 0 bridgehead atoms. The summed E-state index contributed by atoms with van der Waals surface area (Å²) in [5, 5.41) is 6.62. The number of benzene rings is 2. The van der Waals surface area contributed by atoms with Crippen molar-refractivity contribution in [3.05, 3.63) is 59.5 Å². The van der Waals surface area contributed by atoms with Crippen LogP contribution in [-0.4, -0.2) is 38.1 Å². The van der Waals surface area contributed by atoms with Crippen molar-refractivity contribution in [2.24, 2.45) is 5.41 Å². The Morgan fingerprint density at radius 3 is 2.70 bits per heavy atom. The maximum Gasteiger partial charge on any atom is 0.266 e. The molecule has 0 saturated carbocycles. The highest BCUT2D eigenvalue weighted by atomic mass is 19.3. The van der Waals surface area contributed by atoms with Crippen molar-refractivity contribution < 1.29 is 22.7 Å². The summed E-state index contributed by atoms with van der Waals surface area (Å²) in [7, 11) is 3.19. The fourth-order valence-electron chi connectivity index (χ4n) is 4.23. The van der Waals surface area contributed by atoms with E-state index in [1.165, 1.54) is 12.1 Å². The van der Waals surface area contributed by atoms with E-state index in [1.54, 1.807) is 26.4 Å². The minimum atomic E-state index is -2.88. The van der Waals surface area contributed by atoms with Gasteiger partial charge >= 0.3 is 0 Å². The number of carbonyl (C=O) groups excluding carboxylic acids is 1. The largest absolute Gasteiger partial charge is 0.495 e. The number of rotatable bonds is 7. The third kappa shape index (κ3) is 4.15. The first kappa shape index (κ1) is 22.7. The van der Waals surface area contributed by atoms with Crippen molar-refractivity contribution >= 4 is 28.2 Å². The Bertz CT molecular complexity index is 1200. The molecule has 33 heavy (non-hydrogen) atoms. The number of alkyl halides is 2.